The first-order valence-electron chi connectivity index (χ1n) is 8.92. The molecule has 0 spiro atoms. The van der Waals surface area contributed by atoms with E-state index in [1.807, 2.05) is 4.90 Å². The summed E-state index contributed by atoms with van der Waals surface area (Å²) >= 11 is 0. The lowest BCUT2D eigenvalue weighted by Gasteiger charge is -2.36. The first-order valence-corrected chi connectivity index (χ1v) is 8.92. The molecule has 5 nitrogen and oxygen atoms in total. The average Bonchev–Trinajstić information content (AvgIpc) is 2.61. The van der Waals surface area contributed by atoms with Crippen LogP contribution in [0.3, 0.4) is 0 Å². The molecule has 1 aliphatic heterocycles. The van der Waals surface area contributed by atoms with Gasteiger partial charge in [-0.3, -0.25) is 4.79 Å². The number of amides is 2. The van der Waals surface area contributed by atoms with Crippen molar-refractivity contribution in [3.63, 3.8) is 0 Å². The van der Waals surface area contributed by atoms with Gasteiger partial charge in [0.25, 0.3) is 0 Å². The van der Waals surface area contributed by atoms with Crippen molar-refractivity contribution in [1.29, 1.82) is 0 Å². The number of piperazine rings is 1. The molecule has 2 amide bonds. The number of carbonyl (C=O) groups is 2. The van der Waals surface area contributed by atoms with Crippen LogP contribution in [0.25, 0.3) is 0 Å². The minimum Gasteiger partial charge on any atom is -0.368 e. The summed E-state index contributed by atoms with van der Waals surface area (Å²) in [5.41, 5.74) is 5.09. The first kappa shape index (κ1) is 18.0. The lowest BCUT2D eigenvalue weighted by molar-refractivity contribution is 0.101. The van der Waals surface area contributed by atoms with Crippen molar-refractivity contribution >= 4 is 23.2 Å². The fourth-order valence-electron chi connectivity index (χ4n) is 3.29. The third kappa shape index (κ3) is 4.23. The summed E-state index contributed by atoms with van der Waals surface area (Å²) in [6.07, 6.45) is 0. The molecule has 2 aromatic carbocycles. The predicted molar refractivity (Wildman–Crippen MR) is 105 cm³/mol. The lowest BCUT2D eigenvalue weighted by Crippen LogP contribution is -2.50. The maximum Gasteiger partial charge on any atom is 0.321 e. The molecule has 1 aliphatic rings. The Balaban J connectivity index is 1.57. The molecule has 1 heterocycles. The number of rotatable bonds is 3. The smallest absolute Gasteiger partial charge is 0.321 e. The Kier molecular flexibility index (Phi) is 5.26. The summed E-state index contributed by atoms with van der Waals surface area (Å²) in [5, 5.41) is 2.91. The fraction of sp³-hybridized carbons (Fsp3) is 0.333. The molecule has 0 unspecified atom stereocenters. The number of urea groups is 1. The van der Waals surface area contributed by atoms with Crippen LogP contribution in [0.2, 0.25) is 0 Å². The molecule has 0 saturated carbocycles. The van der Waals surface area contributed by atoms with Gasteiger partial charge in [-0.25, -0.2) is 4.79 Å². The van der Waals surface area contributed by atoms with Crippen LogP contribution in [0.1, 0.15) is 28.4 Å². The van der Waals surface area contributed by atoms with E-state index in [2.05, 4.69) is 42.3 Å². The van der Waals surface area contributed by atoms with Crippen LogP contribution < -0.4 is 10.2 Å². The van der Waals surface area contributed by atoms with Crippen molar-refractivity contribution in [2.24, 2.45) is 0 Å². The molecule has 0 aliphatic carbocycles. The molecule has 0 bridgehead atoms. The van der Waals surface area contributed by atoms with E-state index in [4.69, 9.17) is 0 Å². The number of benzene rings is 2. The summed E-state index contributed by atoms with van der Waals surface area (Å²) in [7, 11) is 0. The van der Waals surface area contributed by atoms with Crippen molar-refractivity contribution < 1.29 is 9.59 Å². The van der Waals surface area contributed by atoms with Crippen LogP contribution >= 0.6 is 0 Å². The highest BCUT2D eigenvalue weighted by Crippen LogP contribution is 2.20. The predicted octanol–water partition coefficient (Wildman–Crippen LogP) is 3.86. The Morgan fingerprint density at radius 2 is 1.46 bits per heavy atom. The van der Waals surface area contributed by atoms with Gasteiger partial charge in [-0.1, -0.05) is 6.07 Å². The highest BCUT2D eigenvalue weighted by molar-refractivity contribution is 5.95. The van der Waals surface area contributed by atoms with Crippen LogP contribution in [0.5, 0.6) is 0 Å². The van der Waals surface area contributed by atoms with Gasteiger partial charge in [-0.05, 0) is 68.3 Å². The van der Waals surface area contributed by atoms with E-state index in [-0.39, 0.29) is 11.8 Å². The average molecular weight is 351 g/mol. The first-order chi connectivity index (χ1) is 12.4. The normalized spacial score (nSPS) is 14.3. The Labute approximate surface area is 154 Å². The molecule has 1 fully saturated rings. The van der Waals surface area contributed by atoms with Gasteiger partial charge in [0.2, 0.25) is 0 Å². The Bertz CT molecular complexity index is 786. The minimum absolute atomic E-state index is 0.0189. The topological polar surface area (TPSA) is 52.7 Å². The van der Waals surface area contributed by atoms with E-state index in [1.54, 1.807) is 24.3 Å². The minimum atomic E-state index is -0.0966. The molecule has 3 rings (SSSR count). The standard InChI is InChI=1S/C21H25N3O2/c1-15-12-16(2)14-20(13-15)23-8-10-24(11-9-23)21(26)22-19-6-4-18(5-7-19)17(3)25/h4-7,12-14H,8-11H2,1-3H3,(H,22,26). The second kappa shape index (κ2) is 7.60. The lowest BCUT2D eigenvalue weighted by atomic mass is 10.1. The van der Waals surface area contributed by atoms with Gasteiger partial charge in [0.15, 0.2) is 5.78 Å². The van der Waals surface area contributed by atoms with E-state index >= 15 is 0 Å². The van der Waals surface area contributed by atoms with Crippen LogP contribution in [-0.4, -0.2) is 42.9 Å². The molecule has 5 heteroatoms. The van der Waals surface area contributed by atoms with Gasteiger partial charge >= 0.3 is 6.03 Å². The van der Waals surface area contributed by atoms with Gasteiger partial charge in [0.05, 0.1) is 0 Å². The van der Waals surface area contributed by atoms with Gasteiger partial charge in [-0.15, -0.1) is 0 Å². The van der Waals surface area contributed by atoms with Crippen molar-refractivity contribution in [3.8, 4) is 0 Å². The maximum absolute atomic E-state index is 12.5. The Hall–Kier alpha value is -2.82. The second-order valence-electron chi connectivity index (χ2n) is 6.88. The summed E-state index contributed by atoms with van der Waals surface area (Å²) in [4.78, 5) is 27.9. The highest BCUT2D eigenvalue weighted by atomic mass is 16.2. The van der Waals surface area contributed by atoms with Crippen LogP contribution in [0, 0.1) is 13.8 Å². The van der Waals surface area contributed by atoms with Crippen LogP contribution in [0.15, 0.2) is 42.5 Å². The number of hydrogen-bond donors (Lipinski definition) is 1. The number of aryl methyl sites for hydroxylation is 2. The SMILES string of the molecule is CC(=O)c1ccc(NC(=O)N2CCN(c3cc(C)cc(C)c3)CC2)cc1. The molecule has 0 radical (unpaired) electrons. The van der Waals surface area contributed by atoms with Gasteiger partial charge in [-0.2, -0.15) is 0 Å². The number of Topliss-reactive ketones (excluding diaryl/α,β-unsaturated/α-hetero) is 1. The zero-order valence-corrected chi connectivity index (χ0v) is 15.6. The quantitative estimate of drug-likeness (QED) is 0.855. The number of carbonyl (C=O) groups excluding carboxylic acids is 2. The number of nitrogens with one attached hydrogen (secondary N) is 1. The van der Waals surface area contributed by atoms with Crippen molar-refractivity contribution in [2.75, 3.05) is 36.4 Å². The molecule has 1 N–H and O–H groups in total. The van der Waals surface area contributed by atoms with Crippen molar-refractivity contribution in [1.82, 2.24) is 4.90 Å². The van der Waals surface area contributed by atoms with Crippen LogP contribution in [0.4, 0.5) is 16.2 Å². The number of hydrogen-bond acceptors (Lipinski definition) is 3. The van der Waals surface area contributed by atoms with Gasteiger partial charge in [0, 0.05) is 43.1 Å². The van der Waals surface area contributed by atoms with E-state index in [0.29, 0.717) is 24.3 Å². The molecule has 136 valence electrons. The number of ketones is 1. The van der Waals surface area contributed by atoms with E-state index < -0.39 is 0 Å². The summed E-state index contributed by atoms with van der Waals surface area (Å²) in [6, 6.07) is 13.5. The molecule has 1 saturated heterocycles. The summed E-state index contributed by atoms with van der Waals surface area (Å²) < 4.78 is 0. The monoisotopic (exact) mass is 351 g/mol. The molecule has 0 aromatic heterocycles. The second-order valence-corrected chi connectivity index (χ2v) is 6.88. The van der Waals surface area contributed by atoms with E-state index in [0.717, 1.165) is 13.1 Å². The largest absolute Gasteiger partial charge is 0.368 e. The summed E-state index contributed by atoms with van der Waals surface area (Å²) in [6.45, 7) is 8.76. The fourth-order valence-corrected chi connectivity index (χ4v) is 3.29. The van der Waals surface area contributed by atoms with Gasteiger partial charge in [0.1, 0.15) is 0 Å². The molecule has 26 heavy (non-hydrogen) atoms. The van der Waals surface area contributed by atoms with Crippen LogP contribution in [-0.2, 0) is 0 Å². The number of anilines is 2. The molecule has 2 aromatic rings. The zero-order valence-electron chi connectivity index (χ0n) is 15.6. The number of nitrogens with zero attached hydrogens (tertiary/aromatic N) is 2. The Morgan fingerprint density at radius 3 is 2.00 bits per heavy atom. The summed E-state index contributed by atoms with van der Waals surface area (Å²) in [5.74, 6) is 0.0189. The third-order valence-corrected chi connectivity index (χ3v) is 4.68. The van der Waals surface area contributed by atoms with Crippen molar-refractivity contribution in [2.45, 2.75) is 20.8 Å². The Morgan fingerprint density at radius 1 is 0.885 bits per heavy atom. The maximum atomic E-state index is 12.5. The van der Waals surface area contributed by atoms with Gasteiger partial charge < -0.3 is 15.1 Å². The third-order valence-electron chi connectivity index (χ3n) is 4.68. The zero-order chi connectivity index (χ0) is 18.7. The van der Waals surface area contributed by atoms with E-state index in [9.17, 15) is 9.59 Å². The highest BCUT2D eigenvalue weighted by Gasteiger charge is 2.21. The molecule has 0 atom stereocenters. The molecular weight excluding hydrogens is 326 g/mol. The van der Waals surface area contributed by atoms with E-state index in [1.165, 1.54) is 23.7 Å². The molecular formula is C21H25N3O2. The van der Waals surface area contributed by atoms with Crippen molar-refractivity contribution in [3.05, 3.63) is 59.2 Å².